The highest BCUT2D eigenvalue weighted by atomic mass is 32.2. The van der Waals surface area contributed by atoms with Crippen LogP contribution in [0, 0.1) is 11.6 Å². The molecule has 6 nitrogen and oxygen atoms in total. The lowest BCUT2D eigenvalue weighted by Crippen LogP contribution is -2.25. The highest BCUT2D eigenvalue weighted by molar-refractivity contribution is 7.89. The Morgan fingerprint density at radius 1 is 1.30 bits per heavy atom. The monoisotopic (exact) mass is 300 g/mol. The molecule has 0 bridgehead atoms. The average molecular weight is 300 g/mol. The van der Waals surface area contributed by atoms with E-state index in [4.69, 9.17) is 5.73 Å². The second-order valence-corrected chi connectivity index (χ2v) is 5.59. The first kappa shape index (κ1) is 14.3. The van der Waals surface area contributed by atoms with Gasteiger partial charge in [-0.25, -0.2) is 21.9 Å². The number of hydrogen-bond donors (Lipinski definition) is 2. The Bertz CT molecular complexity index is 723. The molecule has 106 valence electrons. The van der Waals surface area contributed by atoms with Crippen LogP contribution in [0.5, 0.6) is 0 Å². The van der Waals surface area contributed by atoms with E-state index in [1.807, 2.05) is 0 Å². The molecule has 1 aromatic heterocycles. The van der Waals surface area contributed by atoms with E-state index in [0.717, 1.165) is 6.07 Å². The highest BCUT2D eigenvalue weighted by Crippen LogP contribution is 2.21. The van der Waals surface area contributed by atoms with Crippen LogP contribution in [0.2, 0.25) is 0 Å². The Morgan fingerprint density at radius 3 is 2.70 bits per heavy atom. The van der Waals surface area contributed by atoms with E-state index >= 15 is 0 Å². The van der Waals surface area contributed by atoms with Crippen LogP contribution in [0.3, 0.4) is 0 Å². The molecule has 0 atom stereocenters. The van der Waals surface area contributed by atoms with Gasteiger partial charge < -0.3 is 5.73 Å². The molecule has 0 spiro atoms. The third kappa shape index (κ3) is 3.06. The largest absolute Gasteiger partial charge is 0.399 e. The van der Waals surface area contributed by atoms with Crippen molar-refractivity contribution < 1.29 is 17.2 Å². The van der Waals surface area contributed by atoms with Crippen molar-refractivity contribution in [3.05, 3.63) is 47.8 Å². The standard InChI is InChI=1S/C11H10F2N4O2S/c12-9-4-7(14)5-10(11(9)13)20(18,19)16-6-8-2-1-3-15-17-8/h1-5,16H,6,14H2. The van der Waals surface area contributed by atoms with Gasteiger partial charge in [-0.15, -0.1) is 0 Å². The van der Waals surface area contributed by atoms with E-state index in [2.05, 4.69) is 14.9 Å². The summed E-state index contributed by atoms with van der Waals surface area (Å²) in [5.74, 6) is -2.81. The van der Waals surface area contributed by atoms with Gasteiger partial charge >= 0.3 is 0 Å². The van der Waals surface area contributed by atoms with Gasteiger partial charge in [0.15, 0.2) is 11.6 Å². The van der Waals surface area contributed by atoms with Crippen LogP contribution < -0.4 is 10.5 Å². The van der Waals surface area contributed by atoms with Gasteiger partial charge in [0.1, 0.15) is 4.90 Å². The van der Waals surface area contributed by atoms with Gasteiger partial charge in [0.25, 0.3) is 0 Å². The van der Waals surface area contributed by atoms with Crippen molar-refractivity contribution in [1.29, 1.82) is 0 Å². The lowest BCUT2D eigenvalue weighted by Gasteiger charge is -2.08. The normalized spacial score (nSPS) is 11.5. The van der Waals surface area contributed by atoms with Gasteiger partial charge in [-0.2, -0.15) is 10.2 Å². The van der Waals surface area contributed by atoms with E-state index in [0.29, 0.717) is 11.8 Å². The average Bonchev–Trinajstić information content (AvgIpc) is 2.42. The maximum atomic E-state index is 13.5. The molecule has 0 aliphatic rings. The second-order valence-electron chi connectivity index (χ2n) is 3.85. The zero-order valence-electron chi connectivity index (χ0n) is 10.0. The minimum atomic E-state index is -4.25. The summed E-state index contributed by atoms with van der Waals surface area (Å²) in [6.07, 6.45) is 1.42. The summed E-state index contributed by atoms with van der Waals surface area (Å²) < 4.78 is 52.6. The Morgan fingerprint density at radius 2 is 2.05 bits per heavy atom. The summed E-state index contributed by atoms with van der Waals surface area (Å²) in [4.78, 5) is -0.848. The predicted octanol–water partition coefficient (Wildman–Crippen LogP) is 0.816. The van der Waals surface area contributed by atoms with Crippen molar-refractivity contribution >= 4 is 15.7 Å². The Hall–Kier alpha value is -2.13. The quantitative estimate of drug-likeness (QED) is 0.814. The van der Waals surface area contributed by atoms with Crippen LogP contribution in [0.4, 0.5) is 14.5 Å². The van der Waals surface area contributed by atoms with E-state index in [1.54, 1.807) is 6.07 Å². The Balaban J connectivity index is 2.27. The summed E-state index contributed by atoms with van der Waals surface area (Å²) in [6, 6.07) is 4.65. The lowest BCUT2D eigenvalue weighted by molar-refractivity contribution is 0.483. The van der Waals surface area contributed by atoms with Crippen molar-refractivity contribution in [2.24, 2.45) is 0 Å². The zero-order valence-corrected chi connectivity index (χ0v) is 10.9. The minimum Gasteiger partial charge on any atom is -0.399 e. The molecule has 0 aliphatic carbocycles. The maximum absolute atomic E-state index is 13.5. The molecular formula is C11H10F2N4O2S. The number of hydrogen-bond acceptors (Lipinski definition) is 5. The molecule has 2 rings (SSSR count). The van der Waals surface area contributed by atoms with Crippen LogP contribution in [-0.4, -0.2) is 18.6 Å². The Kier molecular flexibility index (Phi) is 3.91. The third-order valence-electron chi connectivity index (χ3n) is 2.38. The van der Waals surface area contributed by atoms with Crippen LogP contribution in [0.15, 0.2) is 35.4 Å². The molecular weight excluding hydrogens is 290 g/mol. The van der Waals surface area contributed by atoms with Gasteiger partial charge in [-0.3, -0.25) is 0 Å². The maximum Gasteiger partial charge on any atom is 0.244 e. The van der Waals surface area contributed by atoms with Gasteiger partial charge in [-0.05, 0) is 24.3 Å². The summed E-state index contributed by atoms with van der Waals surface area (Å²) in [7, 11) is -4.25. The minimum absolute atomic E-state index is 0.191. The third-order valence-corrected chi connectivity index (χ3v) is 3.78. The molecule has 20 heavy (non-hydrogen) atoms. The number of nitrogens with two attached hydrogens (primary N) is 1. The van der Waals surface area contributed by atoms with Crippen LogP contribution >= 0.6 is 0 Å². The highest BCUT2D eigenvalue weighted by Gasteiger charge is 2.22. The van der Waals surface area contributed by atoms with E-state index in [-0.39, 0.29) is 12.2 Å². The number of benzene rings is 1. The predicted molar refractivity (Wildman–Crippen MR) is 66.8 cm³/mol. The molecule has 0 aliphatic heterocycles. The SMILES string of the molecule is Nc1cc(F)c(F)c(S(=O)(=O)NCc2cccnn2)c1. The van der Waals surface area contributed by atoms with Crippen molar-refractivity contribution in [1.82, 2.24) is 14.9 Å². The number of halogens is 2. The van der Waals surface area contributed by atoms with Gasteiger partial charge in [0, 0.05) is 11.9 Å². The molecule has 3 N–H and O–H groups in total. The first-order valence-corrected chi connectivity index (χ1v) is 6.89. The number of nitrogens with one attached hydrogen (secondary N) is 1. The van der Waals surface area contributed by atoms with Crippen molar-refractivity contribution in [2.75, 3.05) is 5.73 Å². The number of anilines is 1. The van der Waals surface area contributed by atoms with E-state index < -0.39 is 26.6 Å². The van der Waals surface area contributed by atoms with Gasteiger partial charge in [-0.1, -0.05) is 0 Å². The van der Waals surface area contributed by atoms with Crippen molar-refractivity contribution in [3.63, 3.8) is 0 Å². The number of sulfonamides is 1. The topological polar surface area (TPSA) is 98.0 Å². The lowest BCUT2D eigenvalue weighted by atomic mass is 10.3. The fraction of sp³-hybridized carbons (Fsp3) is 0.0909. The molecule has 1 aromatic carbocycles. The van der Waals surface area contributed by atoms with Gasteiger partial charge in [0.05, 0.1) is 12.2 Å². The smallest absolute Gasteiger partial charge is 0.244 e. The van der Waals surface area contributed by atoms with Crippen LogP contribution in [0.25, 0.3) is 0 Å². The van der Waals surface area contributed by atoms with E-state index in [1.165, 1.54) is 12.3 Å². The number of nitrogens with zero attached hydrogens (tertiary/aromatic N) is 2. The molecule has 0 unspecified atom stereocenters. The molecule has 0 saturated heterocycles. The van der Waals surface area contributed by atoms with E-state index in [9.17, 15) is 17.2 Å². The van der Waals surface area contributed by atoms with Crippen LogP contribution in [-0.2, 0) is 16.6 Å². The molecule has 0 amide bonds. The first-order valence-electron chi connectivity index (χ1n) is 5.41. The fourth-order valence-corrected chi connectivity index (χ4v) is 2.57. The summed E-state index contributed by atoms with van der Waals surface area (Å²) in [5.41, 5.74) is 5.45. The summed E-state index contributed by atoms with van der Waals surface area (Å²) >= 11 is 0. The van der Waals surface area contributed by atoms with Crippen molar-refractivity contribution in [2.45, 2.75) is 11.4 Å². The molecule has 1 heterocycles. The molecule has 0 fully saturated rings. The second kappa shape index (κ2) is 5.47. The molecule has 0 saturated carbocycles. The van der Waals surface area contributed by atoms with Gasteiger partial charge in [0.2, 0.25) is 10.0 Å². The fourth-order valence-electron chi connectivity index (χ4n) is 1.45. The molecule has 0 radical (unpaired) electrons. The molecule has 2 aromatic rings. The van der Waals surface area contributed by atoms with Crippen molar-refractivity contribution in [3.8, 4) is 0 Å². The Labute approximate surface area is 113 Å². The number of aromatic nitrogens is 2. The zero-order chi connectivity index (χ0) is 14.8. The summed E-state index contributed by atoms with van der Waals surface area (Å²) in [6.45, 7) is -0.202. The first-order chi connectivity index (χ1) is 9.40. The number of rotatable bonds is 4. The summed E-state index contributed by atoms with van der Waals surface area (Å²) in [5, 5.41) is 7.23. The molecule has 9 heteroatoms. The van der Waals surface area contributed by atoms with Crippen LogP contribution in [0.1, 0.15) is 5.69 Å². The number of nitrogen functional groups attached to an aromatic ring is 1.